The van der Waals surface area contributed by atoms with Crippen LogP contribution in [-0.4, -0.2) is 51.4 Å². The fraction of sp³-hybridized carbons (Fsp3) is 0.333. The Labute approximate surface area is 208 Å². The molecule has 0 N–H and O–H groups in total. The van der Waals surface area contributed by atoms with Gasteiger partial charge >= 0.3 is 0 Å². The molecule has 1 aliphatic heterocycles. The van der Waals surface area contributed by atoms with Crippen molar-refractivity contribution in [3.8, 4) is 0 Å². The predicted molar refractivity (Wildman–Crippen MR) is 142 cm³/mol. The van der Waals surface area contributed by atoms with Crippen molar-refractivity contribution in [1.29, 1.82) is 0 Å². The van der Waals surface area contributed by atoms with E-state index in [0.717, 1.165) is 56.2 Å². The lowest BCUT2D eigenvalue weighted by Gasteiger charge is -2.34. The van der Waals surface area contributed by atoms with E-state index in [1.165, 1.54) is 16.6 Å². The van der Waals surface area contributed by atoms with Crippen molar-refractivity contribution in [2.24, 2.45) is 0 Å². The van der Waals surface area contributed by atoms with E-state index in [0.29, 0.717) is 0 Å². The molecule has 0 atom stereocenters. The topological polar surface area (TPSA) is 41.4 Å². The Morgan fingerprint density at radius 2 is 1.46 bits per heavy atom. The summed E-state index contributed by atoms with van der Waals surface area (Å²) in [5.41, 5.74) is 5.58. The van der Waals surface area contributed by atoms with Gasteiger partial charge in [-0.25, -0.2) is 4.98 Å². The molecule has 0 aliphatic carbocycles. The van der Waals surface area contributed by atoms with Gasteiger partial charge in [0.15, 0.2) is 0 Å². The third-order valence-electron chi connectivity index (χ3n) is 6.94. The van der Waals surface area contributed by atoms with E-state index in [-0.39, 0.29) is 11.3 Å². The summed E-state index contributed by atoms with van der Waals surface area (Å²) in [6.45, 7) is 11.3. The third kappa shape index (κ3) is 5.15. The standard InChI is InChI=1S/C30H34N4O/c1-30(2,3)25-15-13-24(14-16-25)29(35)33-19-17-32(18-20-33)22-28-31-26-11-7-8-12-27(26)34(28)21-23-9-5-4-6-10-23/h4-16H,17-22H2,1-3H3. The average Bonchev–Trinajstić information content (AvgIpc) is 3.21. The monoisotopic (exact) mass is 466 g/mol. The van der Waals surface area contributed by atoms with E-state index in [4.69, 9.17) is 4.98 Å². The second-order valence-electron chi connectivity index (χ2n) is 10.5. The summed E-state index contributed by atoms with van der Waals surface area (Å²) in [6.07, 6.45) is 0. The molecule has 1 fully saturated rings. The molecule has 0 bridgehead atoms. The Morgan fingerprint density at radius 3 is 2.14 bits per heavy atom. The Kier molecular flexibility index (Phi) is 6.44. The highest BCUT2D eigenvalue weighted by molar-refractivity contribution is 5.94. The molecule has 3 aromatic carbocycles. The largest absolute Gasteiger partial charge is 0.336 e. The first-order chi connectivity index (χ1) is 16.9. The number of hydrogen-bond donors (Lipinski definition) is 0. The SMILES string of the molecule is CC(C)(C)c1ccc(C(=O)N2CCN(Cc3nc4ccccc4n3Cc3ccccc3)CC2)cc1. The second kappa shape index (κ2) is 9.67. The fourth-order valence-corrected chi connectivity index (χ4v) is 4.79. The minimum Gasteiger partial charge on any atom is -0.336 e. The molecule has 1 aromatic heterocycles. The van der Waals surface area contributed by atoms with Gasteiger partial charge in [-0.15, -0.1) is 0 Å². The maximum atomic E-state index is 13.1. The number of nitrogens with zero attached hydrogens (tertiary/aromatic N) is 4. The van der Waals surface area contributed by atoms with Crippen LogP contribution < -0.4 is 0 Å². The summed E-state index contributed by atoms with van der Waals surface area (Å²) < 4.78 is 2.33. The minimum absolute atomic E-state index is 0.0875. The molecule has 0 saturated carbocycles. The van der Waals surface area contributed by atoms with Crippen molar-refractivity contribution in [3.63, 3.8) is 0 Å². The van der Waals surface area contributed by atoms with Gasteiger partial charge in [0.1, 0.15) is 5.82 Å². The Morgan fingerprint density at radius 1 is 0.800 bits per heavy atom. The lowest BCUT2D eigenvalue weighted by atomic mass is 9.86. The third-order valence-corrected chi connectivity index (χ3v) is 6.94. The summed E-state index contributed by atoms with van der Waals surface area (Å²) in [5.74, 6) is 1.20. The number of rotatable bonds is 5. The van der Waals surface area contributed by atoms with E-state index in [1.54, 1.807) is 0 Å². The van der Waals surface area contributed by atoms with Crippen LogP contribution in [0.25, 0.3) is 11.0 Å². The molecule has 0 spiro atoms. The van der Waals surface area contributed by atoms with E-state index >= 15 is 0 Å². The van der Waals surface area contributed by atoms with Gasteiger partial charge in [0.05, 0.1) is 17.6 Å². The molecule has 2 heterocycles. The summed E-state index contributed by atoms with van der Waals surface area (Å²) >= 11 is 0. The van der Waals surface area contributed by atoms with Crippen molar-refractivity contribution in [2.75, 3.05) is 26.2 Å². The van der Waals surface area contributed by atoms with E-state index in [9.17, 15) is 4.79 Å². The summed E-state index contributed by atoms with van der Waals surface area (Å²) in [7, 11) is 0. The molecular weight excluding hydrogens is 432 g/mol. The highest BCUT2D eigenvalue weighted by Crippen LogP contribution is 2.23. The number of carbonyl (C=O) groups is 1. The molecule has 5 nitrogen and oxygen atoms in total. The Bertz CT molecular complexity index is 1290. The van der Waals surface area contributed by atoms with Gasteiger partial charge in [0.25, 0.3) is 5.91 Å². The smallest absolute Gasteiger partial charge is 0.253 e. The zero-order chi connectivity index (χ0) is 24.4. The van der Waals surface area contributed by atoms with E-state index in [2.05, 4.69) is 90.9 Å². The van der Waals surface area contributed by atoms with Crippen LogP contribution in [0.3, 0.4) is 0 Å². The Balaban J connectivity index is 1.26. The molecule has 5 rings (SSSR count). The molecule has 0 radical (unpaired) electrons. The first-order valence-corrected chi connectivity index (χ1v) is 12.5. The maximum absolute atomic E-state index is 13.1. The fourth-order valence-electron chi connectivity index (χ4n) is 4.79. The van der Waals surface area contributed by atoms with Crippen LogP contribution in [0.2, 0.25) is 0 Å². The number of benzene rings is 3. The first-order valence-electron chi connectivity index (χ1n) is 12.5. The zero-order valence-corrected chi connectivity index (χ0v) is 20.9. The number of imidazole rings is 1. The summed E-state index contributed by atoms with van der Waals surface area (Å²) in [6, 6.07) is 27.0. The Hall–Kier alpha value is -3.44. The van der Waals surface area contributed by atoms with Crippen molar-refractivity contribution < 1.29 is 4.79 Å². The first kappa shape index (κ1) is 23.3. The van der Waals surface area contributed by atoms with Crippen molar-refractivity contribution in [3.05, 3.63) is 101 Å². The second-order valence-corrected chi connectivity index (χ2v) is 10.5. The zero-order valence-electron chi connectivity index (χ0n) is 20.9. The van der Waals surface area contributed by atoms with Gasteiger partial charge < -0.3 is 9.47 Å². The molecule has 1 aliphatic rings. The molecule has 35 heavy (non-hydrogen) atoms. The molecule has 0 unspecified atom stereocenters. The van der Waals surface area contributed by atoms with E-state index < -0.39 is 0 Å². The van der Waals surface area contributed by atoms with Crippen LogP contribution in [0, 0.1) is 0 Å². The number of piperazine rings is 1. The van der Waals surface area contributed by atoms with Gasteiger partial charge in [-0.2, -0.15) is 0 Å². The van der Waals surface area contributed by atoms with Crippen LogP contribution in [-0.2, 0) is 18.5 Å². The van der Waals surface area contributed by atoms with Crippen LogP contribution in [0.15, 0.2) is 78.9 Å². The van der Waals surface area contributed by atoms with Gasteiger partial charge in [-0.05, 0) is 40.8 Å². The van der Waals surface area contributed by atoms with Crippen molar-refractivity contribution in [2.45, 2.75) is 39.3 Å². The lowest BCUT2D eigenvalue weighted by molar-refractivity contribution is 0.0624. The number of fused-ring (bicyclic) bond motifs is 1. The molecule has 1 amide bonds. The molecule has 5 heteroatoms. The van der Waals surface area contributed by atoms with Crippen LogP contribution in [0.5, 0.6) is 0 Å². The van der Waals surface area contributed by atoms with Gasteiger partial charge in [0, 0.05) is 38.3 Å². The number of hydrogen-bond acceptors (Lipinski definition) is 3. The normalized spacial score (nSPS) is 15.0. The summed E-state index contributed by atoms with van der Waals surface area (Å²) in [5, 5.41) is 0. The van der Waals surface area contributed by atoms with Gasteiger partial charge in [0.2, 0.25) is 0 Å². The maximum Gasteiger partial charge on any atom is 0.253 e. The minimum atomic E-state index is 0.0875. The van der Waals surface area contributed by atoms with Gasteiger partial charge in [-0.1, -0.05) is 75.4 Å². The molecule has 1 saturated heterocycles. The van der Waals surface area contributed by atoms with Crippen molar-refractivity contribution >= 4 is 16.9 Å². The average molecular weight is 467 g/mol. The number of aromatic nitrogens is 2. The quantitative estimate of drug-likeness (QED) is 0.399. The molecule has 180 valence electrons. The predicted octanol–water partition coefficient (Wildman–Crippen LogP) is 5.34. The van der Waals surface area contributed by atoms with E-state index in [1.807, 2.05) is 23.1 Å². The van der Waals surface area contributed by atoms with Crippen LogP contribution in [0.1, 0.15) is 48.1 Å². The van der Waals surface area contributed by atoms with Crippen molar-refractivity contribution in [1.82, 2.24) is 19.4 Å². The highest BCUT2D eigenvalue weighted by atomic mass is 16.2. The lowest BCUT2D eigenvalue weighted by Crippen LogP contribution is -2.48. The number of amides is 1. The summed E-state index contributed by atoms with van der Waals surface area (Å²) in [4.78, 5) is 22.5. The molecule has 4 aromatic rings. The number of para-hydroxylation sites is 2. The number of carbonyl (C=O) groups excluding carboxylic acids is 1. The van der Waals surface area contributed by atoms with Crippen LogP contribution in [0.4, 0.5) is 0 Å². The highest BCUT2D eigenvalue weighted by Gasteiger charge is 2.24. The molecular formula is C30H34N4O. The van der Waals surface area contributed by atoms with Crippen LogP contribution >= 0.6 is 0 Å². The van der Waals surface area contributed by atoms with Gasteiger partial charge in [-0.3, -0.25) is 9.69 Å².